The molecule has 0 fully saturated rings. The second-order valence-electron chi connectivity index (χ2n) is 7.87. The molecule has 1 aromatic heterocycles. The number of para-hydroxylation sites is 1. The highest BCUT2D eigenvalue weighted by Gasteiger charge is 2.14. The minimum absolute atomic E-state index is 0.756. The summed E-state index contributed by atoms with van der Waals surface area (Å²) in [6, 6.07) is 22.7. The zero-order valence-electron chi connectivity index (χ0n) is 18.8. The summed E-state index contributed by atoms with van der Waals surface area (Å²) in [6.45, 7) is 4.65. The molecule has 0 aliphatic carbocycles. The van der Waals surface area contributed by atoms with Gasteiger partial charge in [-0.3, -0.25) is 0 Å². The van der Waals surface area contributed by atoms with Crippen LogP contribution in [0, 0.1) is 6.92 Å². The topological polar surface area (TPSA) is 35.4 Å². The third kappa shape index (κ3) is 4.62. The molecule has 0 saturated heterocycles. The standard InChI is InChI=1S/C27H29ClN2O2/c1-19-23(17-29-15-14-20-12-13-26(31-2)27(16-20)32-3)22-9-5-7-11-25(22)30(19)18-21-8-4-6-10-24(21)28/h4-13,16,29H,14-15,17-18H2,1-3H3. The minimum atomic E-state index is 0.756. The van der Waals surface area contributed by atoms with Crippen LogP contribution in [0.15, 0.2) is 66.7 Å². The lowest BCUT2D eigenvalue weighted by molar-refractivity contribution is 0.354. The van der Waals surface area contributed by atoms with Crippen LogP contribution in [0.4, 0.5) is 0 Å². The maximum absolute atomic E-state index is 6.44. The van der Waals surface area contributed by atoms with Gasteiger partial charge in [-0.2, -0.15) is 0 Å². The van der Waals surface area contributed by atoms with E-state index in [0.29, 0.717) is 0 Å². The van der Waals surface area contributed by atoms with Gasteiger partial charge in [0.2, 0.25) is 0 Å². The number of methoxy groups -OCH3 is 2. The van der Waals surface area contributed by atoms with E-state index < -0.39 is 0 Å². The van der Waals surface area contributed by atoms with Gasteiger partial charge < -0.3 is 19.4 Å². The van der Waals surface area contributed by atoms with Crippen LogP contribution in [-0.2, 0) is 19.5 Å². The summed E-state index contributed by atoms with van der Waals surface area (Å²) in [4.78, 5) is 0. The number of aromatic nitrogens is 1. The number of hydrogen-bond donors (Lipinski definition) is 1. The Morgan fingerprint density at radius 1 is 0.906 bits per heavy atom. The number of fused-ring (bicyclic) bond motifs is 1. The van der Waals surface area contributed by atoms with Gasteiger partial charge in [0.05, 0.1) is 14.2 Å². The second-order valence-corrected chi connectivity index (χ2v) is 8.28. The van der Waals surface area contributed by atoms with Crippen LogP contribution in [0.3, 0.4) is 0 Å². The van der Waals surface area contributed by atoms with Crippen molar-refractivity contribution in [1.29, 1.82) is 0 Å². The molecule has 5 heteroatoms. The lowest BCUT2D eigenvalue weighted by atomic mass is 10.1. The Balaban J connectivity index is 1.49. The number of rotatable bonds is 9. The molecule has 0 spiro atoms. The maximum atomic E-state index is 6.44. The average molecular weight is 449 g/mol. The van der Waals surface area contributed by atoms with Crippen LogP contribution in [-0.4, -0.2) is 25.3 Å². The largest absolute Gasteiger partial charge is 0.493 e. The maximum Gasteiger partial charge on any atom is 0.160 e. The number of nitrogens with one attached hydrogen (secondary N) is 1. The van der Waals surface area contributed by atoms with Crippen LogP contribution in [0.5, 0.6) is 11.5 Å². The third-order valence-electron chi connectivity index (χ3n) is 5.99. The smallest absolute Gasteiger partial charge is 0.160 e. The molecule has 0 amide bonds. The Kier molecular flexibility index (Phi) is 7.03. The Morgan fingerprint density at radius 2 is 1.66 bits per heavy atom. The van der Waals surface area contributed by atoms with Gasteiger partial charge in [0, 0.05) is 34.7 Å². The molecule has 0 aliphatic rings. The molecule has 166 valence electrons. The van der Waals surface area contributed by atoms with Gasteiger partial charge in [-0.1, -0.05) is 54.1 Å². The molecule has 0 radical (unpaired) electrons. The third-order valence-corrected chi connectivity index (χ3v) is 6.36. The molecule has 0 bridgehead atoms. The van der Waals surface area contributed by atoms with Crippen molar-refractivity contribution in [3.8, 4) is 11.5 Å². The highest BCUT2D eigenvalue weighted by Crippen LogP contribution is 2.29. The van der Waals surface area contributed by atoms with Crippen molar-refractivity contribution in [2.45, 2.75) is 26.4 Å². The van der Waals surface area contributed by atoms with E-state index in [2.05, 4.69) is 53.2 Å². The fourth-order valence-electron chi connectivity index (χ4n) is 4.21. The Hall–Kier alpha value is -2.95. The fourth-order valence-corrected chi connectivity index (χ4v) is 4.40. The quantitative estimate of drug-likeness (QED) is 0.319. The van der Waals surface area contributed by atoms with Gasteiger partial charge >= 0.3 is 0 Å². The Bertz CT molecular complexity index is 1220. The first-order valence-electron chi connectivity index (χ1n) is 10.8. The van der Waals surface area contributed by atoms with E-state index in [4.69, 9.17) is 21.1 Å². The van der Waals surface area contributed by atoms with E-state index in [-0.39, 0.29) is 0 Å². The SMILES string of the molecule is COc1ccc(CCNCc2c(C)n(Cc3ccccc3Cl)c3ccccc23)cc1OC. The average Bonchev–Trinajstić information content (AvgIpc) is 3.09. The van der Waals surface area contributed by atoms with Crippen molar-refractivity contribution >= 4 is 22.5 Å². The lowest BCUT2D eigenvalue weighted by Crippen LogP contribution is -2.17. The van der Waals surface area contributed by atoms with E-state index in [0.717, 1.165) is 48.1 Å². The van der Waals surface area contributed by atoms with Crippen molar-refractivity contribution in [3.05, 3.63) is 94.1 Å². The van der Waals surface area contributed by atoms with Gasteiger partial charge in [0.1, 0.15) is 0 Å². The highest BCUT2D eigenvalue weighted by molar-refractivity contribution is 6.31. The molecule has 0 atom stereocenters. The molecule has 4 rings (SSSR count). The predicted octanol–water partition coefficient (Wildman–Crippen LogP) is 6.00. The fraction of sp³-hybridized carbons (Fsp3) is 0.259. The molecule has 32 heavy (non-hydrogen) atoms. The van der Waals surface area contributed by atoms with E-state index >= 15 is 0 Å². The van der Waals surface area contributed by atoms with Crippen molar-refractivity contribution in [2.75, 3.05) is 20.8 Å². The number of nitrogens with zero attached hydrogens (tertiary/aromatic N) is 1. The van der Waals surface area contributed by atoms with Crippen LogP contribution < -0.4 is 14.8 Å². The van der Waals surface area contributed by atoms with Gasteiger partial charge in [-0.15, -0.1) is 0 Å². The van der Waals surface area contributed by atoms with Gasteiger partial charge in [-0.05, 0) is 60.8 Å². The van der Waals surface area contributed by atoms with Crippen molar-refractivity contribution < 1.29 is 9.47 Å². The second kappa shape index (κ2) is 10.1. The van der Waals surface area contributed by atoms with Crippen LogP contribution in [0.1, 0.15) is 22.4 Å². The molecule has 1 N–H and O–H groups in total. The highest BCUT2D eigenvalue weighted by atomic mass is 35.5. The van der Waals surface area contributed by atoms with E-state index in [9.17, 15) is 0 Å². The summed E-state index contributed by atoms with van der Waals surface area (Å²) in [5.74, 6) is 1.52. The summed E-state index contributed by atoms with van der Waals surface area (Å²) < 4.78 is 13.1. The summed E-state index contributed by atoms with van der Waals surface area (Å²) in [5.41, 5.74) is 6.19. The minimum Gasteiger partial charge on any atom is -0.493 e. The lowest BCUT2D eigenvalue weighted by Gasteiger charge is -2.11. The molecule has 0 saturated carbocycles. The number of hydrogen-bond acceptors (Lipinski definition) is 3. The van der Waals surface area contributed by atoms with Crippen molar-refractivity contribution in [2.24, 2.45) is 0 Å². The number of benzene rings is 3. The van der Waals surface area contributed by atoms with Crippen molar-refractivity contribution in [1.82, 2.24) is 9.88 Å². The molecule has 4 nitrogen and oxygen atoms in total. The van der Waals surface area contributed by atoms with Crippen LogP contribution in [0.2, 0.25) is 5.02 Å². The first-order chi connectivity index (χ1) is 15.6. The van der Waals surface area contributed by atoms with Crippen LogP contribution >= 0.6 is 11.6 Å². The van der Waals surface area contributed by atoms with Crippen LogP contribution in [0.25, 0.3) is 10.9 Å². The number of halogens is 1. The summed E-state index contributed by atoms with van der Waals surface area (Å²) >= 11 is 6.44. The summed E-state index contributed by atoms with van der Waals surface area (Å²) in [5, 5.41) is 5.72. The van der Waals surface area contributed by atoms with Gasteiger partial charge in [0.15, 0.2) is 11.5 Å². The summed E-state index contributed by atoms with van der Waals surface area (Å²) in [6.07, 6.45) is 0.914. The first kappa shape index (κ1) is 22.3. The normalized spacial score (nSPS) is 11.1. The molecule has 4 aromatic rings. The molecule has 1 heterocycles. The first-order valence-corrected chi connectivity index (χ1v) is 11.2. The van der Waals surface area contributed by atoms with Crippen molar-refractivity contribution in [3.63, 3.8) is 0 Å². The monoisotopic (exact) mass is 448 g/mol. The van der Waals surface area contributed by atoms with Gasteiger partial charge in [-0.25, -0.2) is 0 Å². The molecular formula is C27H29ClN2O2. The van der Waals surface area contributed by atoms with E-state index in [1.807, 2.05) is 30.3 Å². The predicted molar refractivity (Wildman–Crippen MR) is 132 cm³/mol. The molecular weight excluding hydrogens is 420 g/mol. The molecule has 0 unspecified atom stereocenters. The Labute approximate surface area is 194 Å². The number of ether oxygens (including phenoxy) is 2. The zero-order valence-corrected chi connectivity index (χ0v) is 19.6. The Morgan fingerprint density at radius 3 is 2.44 bits per heavy atom. The molecule has 3 aromatic carbocycles. The summed E-state index contributed by atoms with van der Waals surface area (Å²) in [7, 11) is 3.32. The molecule has 0 aliphatic heterocycles. The van der Waals surface area contributed by atoms with Gasteiger partial charge in [0.25, 0.3) is 0 Å². The van der Waals surface area contributed by atoms with E-state index in [1.54, 1.807) is 14.2 Å². The van der Waals surface area contributed by atoms with E-state index in [1.165, 1.54) is 27.7 Å². The zero-order chi connectivity index (χ0) is 22.5.